The molecule has 0 atom stereocenters. The van der Waals surface area contributed by atoms with Gasteiger partial charge in [-0.25, -0.2) is 0 Å². The molecule has 1 aromatic carbocycles. The monoisotopic (exact) mass is 297 g/mol. The van der Waals surface area contributed by atoms with Crippen LogP contribution in [0.3, 0.4) is 0 Å². The number of aromatic nitrogens is 2. The predicted molar refractivity (Wildman–Crippen MR) is 74.6 cm³/mol. The Morgan fingerprint density at radius 1 is 1.16 bits per heavy atom. The number of rotatable bonds is 2. The van der Waals surface area contributed by atoms with Gasteiger partial charge in [0.1, 0.15) is 0 Å². The first-order valence-electron chi connectivity index (χ1n) is 6.24. The lowest BCUT2D eigenvalue weighted by Crippen LogP contribution is -2.26. The van der Waals surface area contributed by atoms with E-state index in [0.29, 0.717) is 27.7 Å². The third-order valence-corrected chi connectivity index (χ3v) is 4.05. The minimum atomic E-state index is 0.352. The van der Waals surface area contributed by atoms with Gasteiger partial charge in [-0.15, -0.1) is 0 Å². The Bertz CT molecular complexity index is 579. The van der Waals surface area contributed by atoms with E-state index in [2.05, 4.69) is 15.5 Å². The van der Waals surface area contributed by atoms with Crippen LogP contribution >= 0.6 is 23.2 Å². The van der Waals surface area contributed by atoms with E-state index in [-0.39, 0.29) is 0 Å². The van der Waals surface area contributed by atoms with Crippen molar-refractivity contribution in [2.75, 3.05) is 13.1 Å². The van der Waals surface area contributed by atoms with Gasteiger partial charge in [0.15, 0.2) is 0 Å². The molecule has 2 heterocycles. The lowest BCUT2D eigenvalue weighted by atomic mass is 9.98. The highest BCUT2D eigenvalue weighted by Crippen LogP contribution is 2.29. The molecule has 1 fully saturated rings. The molecule has 2 aromatic rings. The van der Waals surface area contributed by atoms with E-state index in [1.54, 1.807) is 12.1 Å². The van der Waals surface area contributed by atoms with Crippen molar-refractivity contribution in [3.8, 4) is 11.4 Å². The van der Waals surface area contributed by atoms with Gasteiger partial charge < -0.3 is 9.84 Å². The van der Waals surface area contributed by atoms with Crippen LogP contribution in [-0.4, -0.2) is 23.2 Å². The highest BCUT2D eigenvalue weighted by Gasteiger charge is 2.21. The number of benzene rings is 1. The normalized spacial score (nSPS) is 16.7. The fourth-order valence-electron chi connectivity index (χ4n) is 2.22. The van der Waals surface area contributed by atoms with Gasteiger partial charge in [-0.05, 0) is 44.1 Å². The average Bonchev–Trinajstić information content (AvgIpc) is 2.93. The van der Waals surface area contributed by atoms with Gasteiger partial charge in [0.2, 0.25) is 11.7 Å². The number of nitrogens with one attached hydrogen (secondary N) is 1. The van der Waals surface area contributed by atoms with Crippen LogP contribution < -0.4 is 5.32 Å². The van der Waals surface area contributed by atoms with E-state index in [4.69, 9.17) is 27.7 Å². The summed E-state index contributed by atoms with van der Waals surface area (Å²) in [5.74, 6) is 1.62. The first kappa shape index (κ1) is 12.9. The van der Waals surface area contributed by atoms with Gasteiger partial charge in [-0.2, -0.15) is 4.98 Å². The largest absolute Gasteiger partial charge is 0.339 e. The van der Waals surface area contributed by atoms with Crippen molar-refractivity contribution in [2.45, 2.75) is 18.8 Å². The second-order valence-electron chi connectivity index (χ2n) is 4.61. The van der Waals surface area contributed by atoms with Crippen molar-refractivity contribution in [3.63, 3.8) is 0 Å². The Hall–Kier alpha value is -1.10. The summed E-state index contributed by atoms with van der Waals surface area (Å²) in [6.45, 7) is 1.99. The van der Waals surface area contributed by atoms with Crippen LogP contribution in [0, 0.1) is 0 Å². The second kappa shape index (κ2) is 5.49. The molecule has 3 rings (SSSR count). The molecule has 1 N–H and O–H groups in total. The summed E-state index contributed by atoms with van der Waals surface area (Å²) in [6, 6.07) is 5.33. The topological polar surface area (TPSA) is 51.0 Å². The maximum atomic E-state index is 5.99. The molecule has 19 heavy (non-hydrogen) atoms. The lowest BCUT2D eigenvalue weighted by Gasteiger charge is -2.18. The first-order valence-corrected chi connectivity index (χ1v) is 6.99. The molecule has 0 aliphatic carbocycles. The molecular weight excluding hydrogens is 285 g/mol. The quantitative estimate of drug-likeness (QED) is 0.921. The van der Waals surface area contributed by atoms with Crippen molar-refractivity contribution >= 4 is 23.2 Å². The van der Waals surface area contributed by atoms with E-state index in [1.165, 1.54) is 0 Å². The Morgan fingerprint density at radius 2 is 1.95 bits per heavy atom. The fourth-order valence-corrected chi connectivity index (χ4v) is 2.52. The van der Waals surface area contributed by atoms with Crippen LogP contribution in [0.2, 0.25) is 10.0 Å². The predicted octanol–water partition coefficient (Wildman–Crippen LogP) is 3.51. The van der Waals surface area contributed by atoms with Crippen LogP contribution in [0.25, 0.3) is 11.4 Å². The Labute approximate surface area is 121 Å². The van der Waals surface area contributed by atoms with Gasteiger partial charge in [-0.3, -0.25) is 0 Å². The standard InChI is InChI=1S/C13H13Cl2N3O/c14-10-2-1-9(7-11(10)15)12-17-13(19-18-12)8-3-5-16-6-4-8/h1-2,7-8,16H,3-6H2. The highest BCUT2D eigenvalue weighted by molar-refractivity contribution is 6.42. The molecule has 1 aromatic heterocycles. The number of hydrogen-bond donors (Lipinski definition) is 1. The minimum Gasteiger partial charge on any atom is -0.339 e. The van der Waals surface area contributed by atoms with Gasteiger partial charge in [-0.1, -0.05) is 28.4 Å². The molecule has 0 unspecified atom stereocenters. The number of nitrogens with zero attached hydrogens (tertiary/aromatic N) is 2. The molecule has 1 aliphatic rings. The van der Waals surface area contributed by atoms with Gasteiger partial charge in [0.05, 0.1) is 10.0 Å². The Kier molecular flexibility index (Phi) is 3.73. The molecule has 0 spiro atoms. The summed E-state index contributed by atoms with van der Waals surface area (Å²) in [4.78, 5) is 4.47. The van der Waals surface area contributed by atoms with E-state index in [9.17, 15) is 0 Å². The molecule has 1 saturated heterocycles. The van der Waals surface area contributed by atoms with E-state index >= 15 is 0 Å². The second-order valence-corrected chi connectivity index (χ2v) is 5.42. The first-order chi connectivity index (χ1) is 9.24. The maximum Gasteiger partial charge on any atom is 0.230 e. The average molecular weight is 298 g/mol. The zero-order valence-corrected chi connectivity index (χ0v) is 11.7. The van der Waals surface area contributed by atoms with E-state index < -0.39 is 0 Å². The number of hydrogen-bond acceptors (Lipinski definition) is 4. The summed E-state index contributed by atoms with van der Waals surface area (Å²) < 4.78 is 5.36. The van der Waals surface area contributed by atoms with Gasteiger partial charge in [0, 0.05) is 11.5 Å². The maximum absolute atomic E-state index is 5.99. The van der Waals surface area contributed by atoms with Crippen LogP contribution in [0.1, 0.15) is 24.7 Å². The van der Waals surface area contributed by atoms with E-state index in [1.807, 2.05) is 6.07 Å². The highest BCUT2D eigenvalue weighted by atomic mass is 35.5. The van der Waals surface area contributed by atoms with Crippen molar-refractivity contribution in [3.05, 3.63) is 34.1 Å². The third kappa shape index (κ3) is 2.76. The third-order valence-electron chi connectivity index (χ3n) is 3.31. The smallest absolute Gasteiger partial charge is 0.230 e. The van der Waals surface area contributed by atoms with Crippen molar-refractivity contribution in [2.24, 2.45) is 0 Å². The molecule has 0 saturated carbocycles. The Morgan fingerprint density at radius 3 is 2.68 bits per heavy atom. The molecule has 100 valence electrons. The summed E-state index contributed by atoms with van der Waals surface area (Å²) in [7, 11) is 0. The zero-order chi connectivity index (χ0) is 13.2. The molecule has 4 nitrogen and oxygen atoms in total. The molecular formula is C13H13Cl2N3O. The summed E-state index contributed by atoms with van der Waals surface area (Å²) in [5.41, 5.74) is 0.818. The van der Waals surface area contributed by atoms with Crippen LogP contribution in [0.4, 0.5) is 0 Å². The van der Waals surface area contributed by atoms with E-state index in [0.717, 1.165) is 31.5 Å². The molecule has 6 heteroatoms. The summed E-state index contributed by atoms with van der Waals surface area (Å²) in [5, 5.41) is 8.35. The number of halogens is 2. The summed E-state index contributed by atoms with van der Waals surface area (Å²) in [6.07, 6.45) is 2.06. The molecule has 1 aliphatic heterocycles. The van der Waals surface area contributed by atoms with Crippen LogP contribution in [0.15, 0.2) is 22.7 Å². The van der Waals surface area contributed by atoms with Crippen molar-refractivity contribution in [1.82, 2.24) is 15.5 Å². The molecule has 0 amide bonds. The minimum absolute atomic E-state index is 0.352. The van der Waals surface area contributed by atoms with Gasteiger partial charge >= 0.3 is 0 Å². The molecule has 0 bridgehead atoms. The summed E-state index contributed by atoms with van der Waals surface area (Å²) >= 11 is 11.9. The van der Waals surface area contributed by atoms with Gasteiger partial charge in [0.25, 0.3) is 0 Å². The SMILES string of the molecule is Clc1ccc(-c2noc(C3CCNCC3)n2)cc1Cl. The Balaban J connectivity index is 1.85. The van der Waals surface area contributed by atoms with Crippen molar-refractivity contribution in [1.29, 1.82) is 0 Å². The zero-order valence-electron chi connectivity index (χ0n) is 10.2. The van der Waals surface area contributed by atoms with Crippen LogP contribution in [0.5, 0.6) is 0 Å². The van der Waals surface area contributed by atoms with Crippen LogP contribution in [-0.2, 0) is 0 Å². The van der Waals surface area contributed by atoms with Crippen molar-refractivity contribution < 1.29 is 4.52 Å². The lowest BCUT2D eigenvalue weighted by molar-refractivity contribution is 0.320. The fraction of sp³-hybridized carbons (Fsp3) is 0.385. The number of piperidine rings is 1. The molecule has 0 radical (unpaired) electrons.